The van der Waals surface area contributed by atoms with E-state index in [1.165, 1.54) is 11.1 Å². The second kappa shape index (κ2) is 9.57. The Labute approximate surface area is 190 Å². The van der Waals surface area contributed by atoms with Gasteiger partial charge in [0.2, 0.25) is 0 Å². The average molecular weight is 486 g/mol. The van der Waals surface area contributed by atoms with Crippen LogP contribution in [0.1, 0.15) is 16.5 Å². The molecule has 1 fully saturated rings. The molecule has 12 heteroatoms. The molecule has 7 nitrogen and oxygen atoms in total. The van der Waals surface area contributed by atoms with Crippen molar-refractivity contribution in [3.63, 3.8) is 0 Å². The monoisotopic (exact) mass is 485 g/mol. The number of ether oxygens (including phenoxy) is 1. The molecule has 0 radical (unpaired) electrons. The highest BCUT2D eigenvalue weighted by Gasteiger charge is 2.31. The van der Waals surface area contributed by atoms with E-state index in [-0.39, 0.29) is 16.9 Å². The third kappa shape index (κ3) is 4.96. The van der Waals surface area contributed by atoms with Crippen molar-refractivity contribution < 1.29 is 17.9 Å². The van der Waals surface area contributed by atoms with Crippen molar-refractivity contribution in [2.75, 3.05) is 38.2 Å². The maximum absolute atomic E-state index is 12.7. The van der Waals surface area contributed by atoms with Gasteiger partial charge in [0.05, 0.1) is 36.7 Å². The fourth-order valence-corrected chi connectivity index (χ4v) is 4.44. The van der Waals surface area contributed by atoms with Gasteiger partial charge in [0.1, 0.15) is 5.02 Å². The van der Waals surface area contributed by atoms with Crippen LogP contribution in [0.15, 0.2) is 46.8 Å². The van der Waals surface area contributed by atoms with Crippen LogP contribution in [0.5, 0.6) is 0 Å². The third-order valence-corrected chi connectivity index (χ3v) is 6.39. The molecule has 1 saturated heterocycles. The fraction of sp³-hybridized carbons (Fsp3) is 0.350. The Morgan fingerprint density at radius 2 is 2.00 bits per heavy atom. The Bertz CT molecular complexity index is 1100. The number of hydrogen-bond acceptors (Lipinski definition) is 7. The average Bonchev–Trinajstić information content (AvgIpc) is 3.32. The molecule has 0 bridgehead atoms. The molecule has 0 saturated carbocycles. The molecular formula is C20H19ClF3N5O2S. The number of pyridine rings is 1. The van der Waals surface area contributed by atoms with Crippen LogP contribution in [0.4, 0.5) is 18.9 Å². The van der Waals surface area contributed by atoms with E-state index in [0.29, 0.717) is 31.6 Å². The maximum Gasteiger partial charge on any atom is 0.417 e. The Kier molecular flexibility index (Phi) is 6.79. The molecule has 1 N–H and O–H groups in total. The SMILES string of the molecule is O=c1c(Cl)c(NC[C@H](c2cccs2)N2CCOCC2)cnn1-c1ccc(C(F)(F)F)cn1. The van der Waals surface area contributed by atoms with E-state index >= 15 is 0 Å². The zero-order valence-electron chi connectivity index (χ0n) is 16.7. The summed E-state index contributed by atoms with van der Waals surface area (Å²) in [5.41, 5.74) is -1.25. The lowest BCUT2D eigenvalue weighted by molar-refractivity contribution is -0.137. The van der Waals surface area contributed by atoms with Gasteiger partial charge >= 0.3 is 6.18 Å². The van der Waals surface area contributed by atoms with Crippen molar-refractivity contribution in [2.24, 2.45) is 0 Å². The molecule has 170 valence electrons. The lowest BCUT2D eigenvalue weighted by Crippen LogP contribution is -2.41. The van der Waals surface area contributed by atoms with Gasteiger partial charge in [0.25, 0.3) is 5.56 Å². The molecule has 3 aromatic heterocycles. The number of alkyl halides is 3. The van der Waals surface area contributed by atoms with Gasteiger partial charge in [0, 0.05) is 30.7 Å². The zero-order chi connectivity index (χ0) is 22.7. The van der Waals surface area contributed by atoms with Gasteiger partial charge in [-0.15, -0.1) is 11.3 Å². The van der Waals surface area contributed by atoms with Crippen molar-refractivity contribution in [3.8, 4) is 5.82 Å². The van der Waals surface area contributed by atoms with Crippen LogP contribution in [-0.2, 0) is 10.9 Å². The van der Waals surface area contributed by atoms with Crippen molar-refractivity contribution in [1.29, 1.82) is 0 Å². The smallest absolute Gasteiger partial charge is 0.380 e. The van der Waals surface area contributed by atoms with Gasteiger partial charge in [-0.3, -0.25) is 9.69 Å². The molecule has 32 heavy (non-hydrogen) atoms. The van der Waals surface area contributed by atoms with Gasteiger partial charge in [-0.25, -0.2) is 4.98 Å². The molecule has 0 amide bonds. The summed E-state index contributed by atoms with van der Waals surface area (Å²) in [4.78, 5) is 19.9. The Hall–Kier alpha value is -2.47. The highest BCUT2D eigenvalue weighted by Crippen LogP contribution is 2.29. The summed E-state index contributed by atoms with van der Waals surface area (Å²) in [5, 5.41) is 9.12. The lowest BCUT2D eigenvalue weighted by Gasteiger charge is -2.34. The fourth-order valence-electron chi connectivity index (χ4n) is 3.38. The molecule has 4 heterocycles. The van der Waals surface area contributed by atoms with Crippen molar-refractivity contribution in [1.82, 2.24) is 19.7 Å². The molecule has 1 aliphatic rings. The van der Waals surface area contributed by atoms with Crippen LogP contribution in [0.2, 0.25) is 5.02 Å². The standard InChI is InChI=1S/C20H19ClF3N5O2S/c21-18-14(25-12-15(16-2-1-9-32-16)28-5-7-31-8-6-28)11-27-29(19(18)30)17-4-3-13(10-26-17)20(22,23)24/h1-4,9-11,15,25H,5-8,12H2/t15-/m1/s1. The minimum absolute atomic E-state index is 0.0544. The van der Waals surface area contributed by atoms with Crippen LogP contribution < -0.4 is 10.9 Å². The van der Waals surface area contributed by atoms with E-state index in [1.54, 1.807) is 11.3 Å². The highest BCUT2D eigenvalue weighted by atomic mass is 35.5. The van der Waals surface area contributed by atoms with Crippen LogP contribution in [0, 0.1) is 0 Å². The number of aromatic nitrogens is 3. The van der Waals surface area contributed by atoms with E-state index in [0.717, 1.165) is 29.9 Å². The molecular weight excluding hydrogens is 467 g/mol. The van der Waals surface area contributed by atoms with E-state index < -0.39 is 17.3 Å². The number of morpholine rings is 1. The number of hydrogen-bond donors (Lipinski definition) is 1. The summed E-state index contributed by atoms with van der Waals surface area (Å²) in [6.45, 7) is 3.37. The summed E-state index contributed by atoms with van der Waals surface area (Å²) < 4.78 is 44.5. The summed E-state index contributed by atoms with van der Waals surface area (Å²) in [7, 11) is 0. The topological polar surface area (TPSA) is 72.3 Å². The van der Waals surface area contributed by atoms with Crippen molar-refractivity contribution in [3.05, 3.63) is 67.9 Å². The second-order valence-electron chi connectivity index (χ2n) is 7.05. The first-order valence-electron chi connectivity index (χ1n) is 9.75. The highest BCUT2D eigenvalue weighted by molar-refractivity contribution is 7.10. The molecule has 4 rings (SSSR count). The molecule has 0 unspecified atom stereocenters. The quantitative estimate of drug-likeness (QED) is 0.572. The summed E-state index contributed by atoms with van der Waals surface area (Å²) >= 11 is 7.92. The van der Waals surface area contributed by atoms with Gasteiger partial charge in [0.15, 0.2) is 5.82 Å². The van der Waals surface area contributed by atoms with Crippen LogP contribution in [0.25, 0.3) is 5.82 Å². The van der Waals surface area contributed by atoms with Crippen LogP contribution >= 0.6 is 22.9 Å². The Balaban J connectivity index is 1.53. The predicted octanol–water partition coefficient (Wildman–Crippen LogP) is 3.85. The van der Waals surface area contributed by atoms with Gasteiger partial charge in [-0.1, -0.05) is 17.7 Å². The Morgan fingerprint density at radius 3 is 2.62 bits per heavy atom. The first kappa shape index (κ1) is 22.7. The van der Waals surface area contributed by atoms with Crippen molar-refractivity contribution in [2.45, 2.75) is 12.2 Å². The zero-order valence-corrected chi connectivity index (χ0v) is 18.3. The minimum atomic E-state index is -4.52. The van der Waals surface area contributed by atoms with E-state index in [1.807, 2.05) is 11.4 Å². The molecule has 1 aliphatic heterocycles. The molecule has 1 atom stereocenters. The lowest BCUT2D eigenvalue weighted by atomic mass is 10.2. The van der Waals surface area contributed by atoms with E-state index in [4.69, 9.17) is 16.3 Å². The summed E-state index contributed by atoms with van der Waals surface area (Å²) in [6.07, 6.45) is -2.50. The van der Waals surface area contributed by atoms with E-state index in [9.17, 15) is 18.0 Å². The second-order valence-corrected chi connectivity index (χ2v) is 8.41. The maximum atomic E-state index is 12.7. The normalized spacial score (nSPS) is 16.1. The molecule has 0 aromatic carbocycles. The van der Waals surface area contributed by atoms with Gasteiger partial charge in [-0.05, 0) is 23.6 Å². The molecule has 0 spiro atoms. The molecule has 0 aliphatic carbocycles. The minimum Gasteiger partial charge on any atom is -0.380 e. The van der Waals surface area contributed by atoms with Gasteiger partial charge in [-0.2, -0.15) is 23.0 Å². The number of halogens is 4. The number of anilines is 1. The van der Waals surface area contributed by atoms with Crippen molar-refractivity contribution >= 4 is 28.6 Å². The summed E-state index contributed by atoms with van der Waals surface area (Å²) in [5.74, 6) is -0.0544. The first-order valence-corrected chi connectivity index (χ1v) is 11.0. The predicted molar refractivity (Wildman–Crippen MR) is 116 cm³/mol. The van der Waals surface area contributed by atoms with Crippen LogP contribution in [-0.4, -0.2) is 52.5 Å². The van der Waals surface area contributed by atoms with Gasteiger partial charge < -0.3 is 10.1 Å². The summed E-state index contributed by atoms with van der Waals surface area (Å²) in [6, 6.07) is 6.02. The molecule has 3 aromatic rings. The first-order chi connectivity index (χ1) is 15.3. The van der Waals surface area contributed by atoms with E-state index in [2.05, 4.69) is 26.4 Å². The largest absolute Gasteiger partial charge is 0.417 e. The number of nitrogens with zero attached hydrogens (tertiary/aromatic N) is 4. The number of nitrogens with one attached hydrogen (secondary N) is 1. The number of thiophene rings is 1. The third-order valence-electron chi connectivity index (χ3n) is 5.06. The van der Waals surface area contributed by atoms with Crippen LogP contribution in [0.3, 0.4) is 0 Å². The number of rotatable bonds is 6. The Morgan fingerprint density at radius 1 is 1.22 bits per heavy atom.